The number of hydrogen-bond acceptors (Lipinski definition) is 5. The molecule has 0 aliphatic carbocycles. The predicted molar refractivity (Wildman–Crippen MR) is 124 cm³/mol. The van der Waals surface area contributed by atoms with Gasteiger partial charge in [0.25, 0.3) is 0 Å². The van der Waals surface area contributed by atoms with Crippen LogP contribution in [-0.4, -0.2) is 35.7 Å². The maximum Gasteiger partial charge on any atom is 0.407 e. The Labute approximate surface area is 191 Å². The van der Waals surface area contributed by atoms with E-state index < -0.39 is 23.6 Å². The van der Waals surface area contributed by atoms with Crippen LogP contribution in [-0.2, 0) is 32.1 Å². The fourth-order valence-electron chi connectivity index (χ4n) is 3.27. The van der Waals surface area contributed by atoms with Gasteiger partial charge in [0.05, 0.1) is 18.8 Å². The minimum Gasteiger partial charge on any atom is -0.444 e. The van der Waals surface area contributed by atoms with E-state index in [1.54, 1.807) is 20.8 Å². The van der Waals surface area contributed by atoms with Crippen molar-refractivity contribution in [1.29, 1.82) is 0 Å². The number of benzene rings is 1. The van der Waals surface area contributed by atoms with Crippen LogP contribution in [0, 0.1) is 6.92 Å². The van der Waals surface area contributed by atoms with Gasteiger partial charge in [0.2, 0.25) is 11.8 Å². The summed E-state index contributed by atoms with van der Waals surface area (Å²) < 4.78 is 11.3. The summed E-state index contributed by atoms with van der Waals surface area (Å²) in [4.78, 5) is 34.3. The number of nitrogens with two attached hydrogens (primary N) is 2. The second kappa shape index (κ2) is 13.1. The van der Waals surface area contributed by atoms with Crippen LogP contribution >= 0.6 is 0 Å². The van der Waals surface area contributed by atoms with Gasteiger partial charge in [-0.25, -0.2) is 4.79 Å². The molecule has 8 nitrogen and oxygen atoms in total. The average molecular weight is 450 g/mol. The van der Waals surface area contributed by atoms with Crippen molar-refractivity contribution in [2.45, 2.75) is 97.5 Å². The Morgan fingerprint density at radius 3 is 2.28 bits per heavy atom. The number of unbranched alkanes of at least 4 members (excludes halogenated alkanes) is 1. The van der Waals surface area contributed by atoms with Crippen molar-refractivity contribution < 1.29 is 23.9 Å². The molecule has 0 aliphatic heterocycles. The highest BCUT2D eigenvalue weighted by molar-refractivity contribution is 5.74. The van der Waals surface area contributed by atoms with Crippen molar-refractivity contribution in [1.82, 2.24) is 5.32 Å². The first-order valence-corrected chi connectivity index (χ1v) is 11.1. The SMILES string of the molecule is Cc1cc(CO[C@H](C)[C@H](CCC(N)=O)NC(=O)OC(C)(C)C)ccc1CCCCC(N)=O. The third-order valence-corrected chi connectivity index (χ3v) is 5.01. The maximum atomic E-state index is 12.2. The number of ether oxygens (including phenoxy) is 2. The molecule has 5 N–H and O–H groups in total. The van der Waals surface area contributed by atoms with E-state index in [1.807, 2.05) is 13.0 Å². The van der Waals surface area contributed by atoms with Gasteiger partial charge in [-0.05, 0) is 77.0 Å². The Morgan fingerprint density at radius 2 is 1.72 bits per heavy atom. The first-order chi connectivity index (χ1) is 14.9. The summed E-state index contributed by atoms with van der Waals surface area (Å²) >= 11 is 0. The van der Waals surface area contributed by atoms with Gasteiger partial charge in [-0.2, -0.15) is 0 Å². The summed E-state index contributed by atoms with van der Waals surface area (Å²) in [7, 11) is 0. The van der Waals surface area contributed by atoms with Crippen LogP contribution in [0.25, 0.3) is 0 Å². The number of hydrogen-bond donors (Lipinski definition) is 3. The number of aryl methyl sites for hydroxylation is 2. The van der Waals surface area contributed by atoms with E-state index in [2.05, 4.69) is 24.4 Å². The van der Waals surface area contributed by atoms with Crippen LogP contribution in [0.3, 0.4) is 0 Å². The molecule has 0 saturated heterocycles. The van der Waals surface area contributed by atoms with E-state index in [4.69, 9.17) is 20.9 Å². The Balaban J connectivity index is 2.66. The van der Waals surface area contributed by atoms with Gasteiger partial charge in [-0.1, -0.05) is 18.2 Å². The molecule has 180 valence electrons. The molecule has 0 radical (unpaired) electrons. The standard InChI is InChI=1S/C24H39N3O5/c1-16-14-18(10-11-19(16)8-6-7-9-21(25)28)15-31-17(2)20(12-13-22(26)29)27-23(30)32-24(3,4)5/h10-11,14,17,20H,6-9,12-13,15H2,1-5H3,(H2,25,28)(H2,26,29)(H,27,30)/t17-,20+/m1/s1. The molecule has 0 saturated carbocycles. The second-order valence-corrected chi connectivity index (χ2v) is 9.21. The average Bonchev–Trinajstić information content (AvgIpc) is 2.66. The fourth-order valence-corrected chi connectivity index (χ4v) is 3.27. The smallest absolute Gasteiger partial charge is 0.407 e. The van der Waals surface area contributed by atoms with Crippen LogP contribution < -0.4 is 16.8 Å². The van der Waals surface area contributed by atoms with Gasteiger partial charge in [0.15, 0.2) is 0 Å². The fraction of sp³-hybridized carbons (Fsp3) is 0.625. The van der Waals surface area contributed by atoms with Gasteiger partial charge in [-0.3, -0.25) is 9.59 Å². The van der Waals surface area contributed by atoms with Crippen molar-refractivity contribution in [3.05, 3.63) is 34.9 Å². The summed E-state index contributed by atoms with van der Waals surface area (Å²) in [6, 6.07) is 5.76. The topological polar surface area (TPSA) is 134 Å². The minimum atomic E-state index is -0.623. The van der Waals surface area contributed by atoms with Crippen LogP contribution in [0.1, 0.15) is 76.5 Å². The van der Waals surface area contributed by atoms with Crippen molar-refractivity contribution >= 4 is 17.9 Å². The summed E-state index contributed by atoms with van der Waals surface area (Å²) in [5.74, 6) is -0.700. The van der Waals surface area contributed by atoms with Gasteiger partial charge in [-0.15, -0.1) is 0 Å². The molecule has 8 heteroatoms. The lowest BCUT2D eigenvalue weighted by atomic mass is 10.00. The third kappa shape index (κ3) is 11.7. The van der Waals surface area contributed by atoms with Gasteiger partial charge < -0.3 is 26.3 Å². The minimum absolute atomic E-state index is 0.137. The Morgan fingerprint density at radius 1 is 1.06 bits per heavy atom. The molecule has 1 rings (SSSR count). The number of nitrogens with one attached hydrogen (secondary N) is 1. The van der Waals surface area contributed by atoms with Crippen LogP contribution in [0.2, 0.25) is 0 Å². The zero-order valence-electron chi connectivity index (χ0n) is 20.0. The van der Waals surface area contributed by atoms with E-state index >= 15 is 0 Å². The Hall–Kier alpha value is -2.61. The van der Waals surface area contributed by atoms with E-state index in [1.165, 1.54) is 5.56 Å². The first kappa shape index (κ1) is 27.4. The number of rotatable bonds is 13. The zero-order chi connectivity index (χ0) is 24.3. The van der Waals surface area contributed by atoms with Gasteiger partial charge in [0.1, 0.15) is 5.60 Å². The lowest BCUT2D eigenvalue weighted by molar-refractivity contribution is -0.119. The molecule has 0 spiro atoms. The molecular weight excluding hydrogens is 410 g/mol. The molecule has 0 unspecified atom stereocenters. The van der Waals surface area contributed by atoms with Crippen LogP contribution in [0.4, 0.5) is 4.79 Å². The number of amides is 3. The lowest BCUT2D eigenvalue weighted by Gasteiger charge is -2.27. The Bertz CT molecular complexity index is 773. The number of carbonyl (C=O) groups is 3. The van der Waals surface area contributed by atoms with Crippen LogP contribution in [0.5, 0.6) is 0 Å². The number of alkyl carbamates (subject to hydrolysis) is 1. The van der Waals surface area contributed by atoms with E-state index in [9.17, 15) is 14.4 Å². The largest absolute Gasteiger partial charge is 0.444 e. The second-order valence-electron chi connectivity index (χ2n) is 9.21. The van der Waals surface area contributed by atoms with Crippen molar-refractivity contribution in [3.8, 4) is 0 Å². The summed E-state index contributed by atoms with van der Waals surface area (Å²) in [5, 5.41) is 2.80. The van der Waals surface area contributed by atoms with E-state index in [-0.39, 0.29) is 18.4 Å². The quantitative estimate of drug-likeness (QED) is 0.397. The first-order valence-electron chi connectivity index (χ1n) is 11.1. The monoisotopic (exact) mass is 449 g/mol. The highest BCUT2D eigenvalue weighted by Gasteiger charge is 2.24. The normalized spacial score (nSPS) is 13.3. The van der Waals surface area contributed by atoms with Crippen molar-refractivity contribution in [2.24, 2.45) is 11.5 Å². The Kier molecular flexibility index (Phi) is 11.2. The predicted octanol–water partition coefficient (Wildman–Crippen LogP) is 3.26. The van der Waals surface area contributed by atoms with Crippen molar-refractivity contribution in [3.63, 3.8) is 0 Å². The summed E-state index contributed by atoms with van der Waals surface area (Å²) in [6.07, 6.45) is 2.59. The molecule has 3 amide bonds. The molecule has 0 fully saturated rings. The zero-order valence-corrected chi connectivity index (χ0v) is 20.0. The highest BCUT2D eigenvalue weighted by Crippen LogP contribution is 2.17. The van der Waals surface area contributed by atoms with E-state index in [0.717, 1.165) is 30.4 Å². The highest BCUT2D eigenvalue weighted by atomic mass is 16.6. The molecule has 0 aliphatic rings. The molecule has 1 aromatic carbocycles. The number of primary amides is 2. The molecule has 0 heterocycles. The van der Waals surface area contributed by atoms with Crippen LogP contribution in [0.15, 0.2) is 18.2 Å². The molecule has 0 aromatic heterocycles. The molecule has 2 atom stereocenters. The molecule has 0 bridgehead atoms. The van der Waals surface area contributed by atoms with Crippen molar-refractivity contribution in [2.75, 3.05) is 0 Å². The lowest BCUT2D eigenvalue weighted by Crippen LogP contribution is -2.45. The third-order valence-electron chi connectivity index (χ3n) is 5.01. The maximum absolute atomic E-state index is 12.2. The number of carbonyl (C=O) groups excluding carboxylic acids is 3. The summed E-state index contributed by atoms with van der Waals surface area (Å²) in [5.41, 5.74) is 13.2. The van der Waals surface area contributed by atoms with Gasteiger partial charge in [0, 0.05) is 12.8 Å². The molecule has 32 heavy (non-hydrogen) atoms. The summed E-state index contributed by atoms with van der Waals surface area (Å²) in [6.45, 7) is 9.63. The molecule has 1 aromatic rings. The van der Waals surface area contributed by atoms with E-state index in [0.29, 0.717) is 19.4 Å². The molecular formula is C24H39N3O5. The van der Waals surface area contributed by atoms with Gasteiger partial charge >= 0.3 is 6.09 Å².